The monoisotopic (exact) mass is 318 g/mol. The van der Waals surface area contributed by atoms with E-state index in [1.165, 1.54) is 51.4 Å². The maximum absolute atomic E-state index is 5.79. The standard InChI is InChI=1S/C17H34OS2/c1-5-9-11-15(7-3)13-18-17(19)20-14-16(8-4)12-10-6-2/h15-16H,5-14H2,1-4H3. The molecular weight excluding hydrogens is 284 g/mol. The van der Waals surface area contributed by atoms with Gasteiger partial charge >= 0.3 is 0 Å². The normalized spacial score (nSPS) is 14.0. The lowest BCUT2D eigenvalue weighted by atomic mass is 10.0. The fraction of sp³-hybridized carbons (Fsp3) is 0.941. The van der Waals surface area contributed by atoms with Gasteiger partial charge in [0.25, 0.3) is 0 Å². The van der Waals surface area contributed by atoms with Crippen molar-refractivity contribution < 1.29 is 4.74 Å². The number of hydrogen-bond acceptors (Lipinski definition) is 3. The molecule has 1 nitrogen and oxygen atoms in total. The van der Waals surface area contributed by atoms with Crippen molar-refractivity contribution in [3.8, 4) is 0 Å². The first-order valence-corrected chi connectivity index (χ1v) is 9.86. The highest BCUT2D eigenvalue weighted by Crippen LogP contribution is 2.21. The Morgan fingerprint density at radius 1 is 0.950 bits per heavy atom. The van der Waals surface area contributed by atoms with Crippen LogP contribution in [0, 0.1) is 11.8 Å². The van der Waals surface area contributed by atoms with Gasteiger partial charge < -0.3 is 4.74 Å². The number of thioether (sulfide) groups is 1. The first-order chi connectivity index (χ1) is 9.67. The zero-order valence-corrected chi connectivity index (χ0v) is 15.6. The van der Waals surface area contributed by atoms with E-state index < -0.39 is 0 Å². The molecule has 0 aromatic heterocycles. The van der Waals surface area contributed by atoms with Gasteiger partial charge in [0, 0.05) is 5.75 Å². The molecule has 0 aromatic rings. The van der Waals surface area contributed by atoms with E-state index in [1.54, 1.807) is 11.8 Å². The van der Waals surface area contributed by atoms with Gasteiger partial charge in [-0.15, -0.1) is 0 Å². The summed E-state index contributed by atoms with van der Waals surface area (Å²) in [7, 11) is 0. The maximum atomic E-state index is 5.79. The molecule has 0 aliphatic rings. The molecule has 0 amide bonds. The minimum atomic E-state index is 0.676. The van der Waals surface area contributed by atoms with E-state index in [1.807, 2.05) is 0 Å². The van der Waals surface area contributed by atoms with Gasteiger partial charge in [-0.05, 0) is 36.9 Å². The lowest BCUT2D eigenvalue weighted by Gasteiger charge is -2.17. The third-order valence-electron chi connectivity index (χ3n) is 3.96. The molecule has 0 bridgehead atoms. The van der Waals surface area contributed by atoms with Gasteiger partial charge in [0.2, 0.25) is 4.38 Å². The second-order valence-corrected chi connectivity index (χ2v) is 7.33. The van der Waals surface area contributed by atoms with E-state index in [-0.39, 0.29) is 0 Å². The Kier molecular flexibility index (Phi) is 14.4. The van der Waals surface area contributed by atoms with Crippen LogP contribution in [0.1, 0.15) is 79.1 Å². The third-order valence-corrected chi connectivity index (χ3v) is 5.42. The smallest absolute Gasteiger partial charge is 0.219 e. The predicted octanol–water partition coefficient (Wildman–Crippen LogP) is 6.45. The van der Waals surface area contributed by atoms with Crippen LogP contribution in [0.4, 0.5) is 0 Å². The average Bonchev–Trinajstić information content (AvgIpc) is 2.47. The molecule has 0 saturated heterocycles. The van der Waals surface area contributed by atoms with E-state index in [0.717, 1.165) is 22.7 Å². The number of unbranched alkanes of at least 4 members (excludes halogenated alkanes) is 2. The van der Waals surface area contributed by atoms with E-state index in [2.05, 4.69) is 27.7 Å². The quantitative estimate of drug-likeness (QED) is 0.382. The number of hydrogen-bond donors (Lipinski definition) is 0. The molecule has 2 unspecified atom stereocenters. The Balaban J connectivity index is 3.80. The van der Waals surface area contributed by atoms with Crippen LogP contribution in [0.2, 0.25) is 0 Å². The van der Waals surface area contributed by atoms with Gasteiger partial charge in [0.15, 0.2) is 0 Å². The van der Waals surface area contributed by atoms with E-state index in [9.17, 15) is 0 Å². The topological polar surface area (TPSA) is 9.23 Å². The van der Waals surface area contributed by atoms with Crippen LogP contribution in [0.5, 0.6) is 0 Å². The fourth-order valence-electron chi connectivity index (χ4n) is 2.21. The molecule has 0 heterocycles. The van der Waals surface area contributed by atoms with Gasteiger partial charge in [0.05, 0.1) is 6.61 Å². The molecule has 0 aromatic carbocycles. The lowest BCUT2D eigenvalue weighted by molar-refractivity contribution is 0.233. The summed E-state index contributed by atoms with van der Waals surface area (Å²) < 4.78 is 6.55. The van der Waals surface area contributed by atoms with Crippen LogP contribution < -0.4 is 0 Å². The van der Waals surface area contributed by atoms with Crippen molar-refractivity contribution in [2.75, 3.05) is 12.4 Å². The largest absolute Gasteiger partial charge is 0.478 e. The van der Waals surface area contributed by atoms with Gasteiger partial charge in [0.1, 0.15) is 0 Å². The highest BCUT2D eigenvalue weighted by molar-refractivity contribution is 8.22. The van der Waals surface area contributed by atoms with Gasteiger partial charge in [-0.2, -0.15) is 0 Å². The fourth-order valence-corrected chi connectivity index (χ4v) is 3.41. The van der Waals surface area contributed by atoms with Crippen LogP contribution in [0.15, 0.2) is 0 Å². The summed E-state index contributed by atoms with van der Waals surface area (Å²) >= 11 is 7.10. The lowest BCUT2D eigenvalue weighted by Crippen LogP contribution is -2.12. The summed E-state index contributed by atoms with van der Waals surface area (Å²) in [5, 5.41) is 0. The molecule has 3 heteroatoms. The second-order valence-electron chi connectivity index (χ2n) is 5.71. The van der Waals surface area contributed by atoms with Crippen molar-refractivity contribution in [1.82, 2.24) is 0 Å². The Morgan fingerprint density at radius 2 is 1.50 bits per heavy atom. The molecule has 0 aliphatic carbocycles. The molecule has 0 radical (unpaired) electrons. The maximum Gasteiger partial charge on any atom is 0.219 e. The van der Waals surface area contributed by atoms with Crippen molar-refractivity contribution in [1.29, 1.82) is 0 Å². The molecule has 0 saturated carbocycles. The van der Waals surface area contributed by atoms with E-state index in [4.69, 9.17) is 17.0 Å². The number of rotatable bonds is 12. The minimum Gasteiger partial charge on any atom is -0.478 e. The molecule has 120 valence electrons. The van der Waals surface area contributed by atoms with E-state index >= 15 is 0 Å². The summed E-state index contributed by atoms with van der Waals surface area (Å²) in [4.78, 5) is 0. The van der Waals surface area contributed by atoms with Gasteiger partial charge in [-0.25, -0.2) is 0 Å². The highest BCUT2D eigenvalue weighted by atomic mass is 32.2. The Bertz CT molecular complexity index is 209. The minimum absolute atomic E-state index is 0.676. The molecule has 2 atom stereocenters. The Labute approximate surface area is 136 Å². The van der Waals surface area contributed by atoms with Gasteiger partial charge in [-0.1, -0.05) is 78.0 Å². The van der Waals surface area contributed by atoms with Crippen LogP contribution in [-0.2, 0) is 4.74 Å². The van der Waals surface area contributed by atoms with Crippen LogP contribution in [-0.4, -0.2) is 16.7 Å². The molecule has 0 N–H and O–H groups in total. The predicted molar refractivity (Wildman–Crippen MR) is 97.6 cm³/mol. The van der Waals surface area contributed by atoms with Crippen LogP contribution >= 0.6 is 24.0 Å². The van der Waals surface area contributed by atoms with Gasteiger partial charge in [-0.3, -0.25) is 0 Å². The highest BCUT2D eigenvalue weighted by Gasteiger charge is 2.11. The zero-order valence-electron chi connectivity index (χ0n) is 14.0. The SMILES string of the molecule is CCCCC(CC)COC(=S)SCC(CC)CCCC. The summed E-state index contributed by atoms with van der Waals surface area (Å²) in [6.45, 7) is 9.85. The van der Waals surface area contributed by atoms with Crippen molar-refractivity contribution in [2.24, 2.45) is 11.8 Å². The van der Waals surface area contributed by atoms with Crippen molar-refractivity contribution in [2.45, 2.75) is 79.1 Å². The number of thiocarbonyl (C=S) groups is 1. The third kappa shape index (κ3) is 11.0. The molecule has 0 rings (SSSR count). The molecule has 0 fully saturated rings. The molecule has 20 heavy (non-hydrogen) atoms. The second kappa shape index (κ2) is 14.2. The van der Waals surface area contributed by atoms with Crippen molar-refractivity contribution in [3.63, 3.8) is 0 Å². The molecule has 0 aliphatic heterocycles. The first kappa shape index (κ1) is 20.2. The Morgan fingerprint density at radius 3 is 2.00 bits per heavy atom. The summed E-state index contributed by atoms with van der Waals surface area (Å²) in [5.41, 5.74) is 0. The number of ether oxygens (including phenoxy) is 1. The van der Waals surface area contributed by atoms with Crippen LogP contribution in [0.25, 0.3) is 0 Å². The molecular formula is C17H34OS2. The summed E-state index contributed by atoms with van der Waals surface area (Å²) in [5.74, 6) is 2.60. The zero-order chi connectivity index (χ0) is 15.2. The summed E-state index contributed by atoms with van der Waals surface area (Å²) in [6, 6.07) is 0. The Hall–Kier alpha value is 0.240. The molecule has 0 spiro atoms. The summed E-state index contributed by atoms with van der Waals surface area (Å²) in [6.07, 6.45) is 10.2. The van der Waals surface area contributed by atoms with Crippen molar-refractivity contribution >= 4 is 28.4 Å². The van der Waals surface area contributed by atoms with Crippen molar-refractivity contribution in [3.05, 3.63) is 0 Å². The first-order valence-electron chi connectivity index (χ1n) is 8.47. The average molecular weight is 319 g/mol. The van der Waals surface area contributed by atoms with Crippen LogP contribution in [0.3, 0.4) is 0 Å². The van der Waals surface area contributed by atoms with E-state index in [0.29, 0.717) is 5.92 Å².